The summed E-state index contributed by atoms with van der Waals surface area (Å²) in [4.78, 5) is 34.1. The average molecular weight is 380 g/mol. The van der Waals surface area contributed by atoms with Gasteiger partial charge in [-0.15, -0.1) is 0 Å². The van der Waals surface area contributed by atoms with Crippen molar-refractivity contribution < 1.29 is 19.2 Å². The summed E-state index contributed by atoms with van der Waals surface area (Å²) in [6, 6.07) is 0. The van der Waals surface area contributed by atoms with Gasteiger partial charge >= 0.3 is 6.09 Å². The highest BCUT2D eigenvalue weighted by molar-refractivity contribution is 5.93. The fraction of sp³-hybridized carbons (Fsp3) is 0.850. The van der Waals surface area contributed by atoms with Gasteiger partial charge in [-0.1, -0.05) is 45.7 Å². The summed E-state index contributed by atoms with van der Waals surface area (Å²) in [5, 5.41) is 4.06. The second-order valence-electron chi connectivity index (χ2n) is 8.47. The number of ether oxygens (including phenoxy) is 1. The van der Waals surface area contributed by atoms with Crippen LogP contribution in [0.5, 0.6) is 0 Å². The van der Waals surface area contributed by atoms with Crippen LogP contribution >= 0.6 is 0 Å². The SMILES string of the molecule is CCC(CC)CN1CC2(CCN(C(=O)C3CC(C(C)C)=NO3)CC2)OC1=O. The number of carbonyl (C=O) groups is 2. The lowest BCUT2D eigenvalue weighted by molar-refractivity contribution is -0.145. The minimum Gasteiger partial charge on any atom is -0.441 e. The second-order valence-corrected chi connectivity index (χ2v) is 8.47. The van der Waals surface area contributed by atoms with Crippen LogP contribution in [0, 0.1) is 11.8 Å². The molecule has 0 radical (unpaired) electrons. The molecule has 0 bridgehead atoms. The molecule has 3 aliphatic heterocycles. The number of nitrogens with zero attached hydrogens (tertiary/aromatic N) is 3. The quantitative estimate of drug-likeness (QED) is 0.711. The first-order valence-electron chi connectivity index (χ1n) is 10.4. The molecular formula is C20H33N3O4. The molecule has 1 unspecified atom stereocenters. The Bertz CT molecular complexity index is 592. The Morgan fingerprint density at radius 3 is 2.48 bits per heavy atom. The van der Waals surface area contributed by atoms with Crippen molar-refractivity contribution >= 4 is 17.7 Å². The molecule has 2 saturated heterocycles. The lowest BCUT2D eigenvalue weighted by Crippen LogP contribution is -2.51. The maximum absolute atomic E-state index is 12.7. The van der Waals surface area contributed by atoms with Crippen LogP contribution in [0.25, 0.3) is 0 Å². The smallest absolute Gasteiger partial charge is 0.410 e. The van der Waals surface area contributed by atoms with Gasteiger partial charge in [-0.05, 0) is 11.8 Å². The van der Waals surface area contributed by atoms with Gasteiger partial charge < -0.3 is 19.4 Å². The van der Waals surface area contributed by atoms with E-state index in [-0.39, 0.29) is 12.0 Å². The van der Waals surface area contributed by atoms with Crippen LogP contribution in [0.15, 0.2) is 5.16 Å². The maximum Gasteiger partial charge on any atom is 0.410 e. The number of hydrogen-bond acceptors (Lipinski definition) is 5. The van der Waals surface area contributed by atoms with Crippen LogP contribution in [0.1, 0.15) is 59.8 Å². The number of rotatable bonds is 6. The van der Waals surface area contributed by atoms with Gasteiger partial charge in [0.1, 0.15) is 5.60 Å². The fourth-order valence-electron chi connectivity index (χ4n) is 4.16. The first kappa shape index (κ1) is 20.0. The third-order valence-corrected chi connectivity index (χ3v) is 6.29. The monoisotopic (exact) mass is 379 g/mol. The molecule has 1 atom stereocenters. The van der Waals surface area contributed by atoms with Crippen molar-refractivity contribution in [3.8, 4) is 0 Å². The number of piperidine rings is 1. The molecule has 0 aromatic carbocycles. The van der Waals surface area contributed by atoms with Crippen molar-refractivity contribution in [2.75, 3.05) is 26.2 Å². The summed E-state index contributed by atoms with van der Waals surface area (Å²) in [7, 11) is 0. The van der Waals surface area contributed by atoms with Gasteiger partial charge in [0.15, 0.2) is 0 Å². The van der Waals surface area contributed by atoms with Crippen molar-refractivity contribution in [1.29, 1.82) is 0 Å². The number of hydrogen-bond donors (Lipinski definition) is 0. The van der Waals surface area contributed by atoms with E-state index in [1.165, 1.54) is 0 Å². The Morgan fingerprint density at radius 2 is 1.93 bits per heavy atom. The molecule has 2 fully saturated rings. The second kappa shape index (κ2) is 8.07. The van der Waals surface area contributed by atoms with Crippen molar-refractivity contribution in [2.45, 2.75) is 71.5 Å². The standard InChI is InChI=1S/C20H33N3O4/c1-5-15(6-2)12-23-13-20(26-19(23)25)7-9-22(10-8-20)18(24)17-11-16(14(3)4)21-27-17/h14-15,17H,5-13H2,1-4H3. The summed E-state index contributed by atoms with van der Waals surface area (Å²) < 4.78 is 5.79. The van der Waals surface area contributed by atoms with Crippen LogP contribution in [0.4, 0.5) is 4.79 Å². The first-order valence-corrected chi connectivity index (χ1v) is 10.4. The summed E-state index contributed by atoms with van der Waals surface area (Å²) in [5.74, 6) is 0.817. The molecule has 152 valence electrons. The molecule has 0 aliphatic carbocycles. The van der Waals surface area contributed by atoms with Gasteiger partial charge in [-0.3, -0.25) is 4.79 Å². The molecule has 27 heavy (non-hydrogen) atoms. The Kier molecular flexibility index (Phi) is 5.96. The summed E-state index contributed by atoms with van der Waals surface area (Å²) in [6.07, 6.45) is 3.40. The van der Waals surface area contributed by atoms with Gasteiger partial charge in [-0.25, -0.2) is 4.79 Å². The summed E-state index contributed by atoms with van der Waals surface area (Å²) >= 11 is 0. The zero-order valence-corrected chi connectivity index (χ0v) is 17.1. The van der Waals surface area contributed by atoms with Crippen LogP contribution in [0.3, 0.4) is 0 Å². The topological polar surface area (TPSA) is 71.4 Å². The lowest BCUT2D eigenvalue weighted by Gasteiger charge is -2.38. The summed E-state index contributed by atoms with van der Waals surface area (Å²) in [6.45, 7) is 11.0. The van der Waals surface area contributed by atoms with Crippen molar-refractivity contribution in [1.82, 2.24) is 9.80 Å². The molecule has 3 aliphatic rings. The van der Waals surface area contributed by atoms with Crippen molar-refractivity contribution in [3.63, 3.8) is 0 Å². The fourth-order valence-corrected chi connectivity index (χ4v) is 4.16. The number of carbonyl (C=O) groups excluding carboxylic acids is 2. The highest BCUT2D eigenvalue weighted by Crippen LogP contribution is 2.34. The zero-order valence-electron chi connectivity index (χ0n) is 17.1. The predicted molar refractivity (Wildman–Crippen MR) is 102 cm³/mol. The Morgan fingerprint density at radius 1 is 1.26 bits per heavy atom. The zero-order chi connectivity index (χ0) is 19.6. The van der Waals surface area contributed by atoms with E-state index < -0.39 is 11.7 Å². The van der Waals surface area contributed by atoms with Crippen LogP contribution in [0.2, 0.25) is 0 Å². The highest BCUT2D eigenvalue weighted by Gasteiger charge is 2.48. The van der Waals surface area contributed by atoms with E-state index in [1.54, 1.807) is 0 Å². The van der Waals surface area contributed by atoms with Gasteiger partial charge in [0.05, 0.1) is 12.3 Å². The summed E-state index contributed by atoms with van der Waals surface area (Å²) in [5.41, 5.74) is 0.513. The molecule has 2 amide bonds. The molecule has 1 spiro atoms. The van der Waals surface area contributed by atoms with Gasteiger partial charge in [0.2, 0.25) is 6.10 Å². The van der Waals surface area contributed by atoms with Crippen molar-refractivity contribution in [2.24, 2.45) is 17.0 Å². The van der Waals surface area contributed by atoms with E-state index in [1.807, 2.05) is 9.80 Å². The highest BCUT2D eigenvalue weighted by atomic mass is 16.6. The minimum atomic E-state index is -0.492. The number of likely N-dealkylation sites (tertiary alicyclic amines) is 1. The van der Waals surface area contributed by atoms with E-state index in [4.69, 9.17) is 9.57 Å². The molecule has 3 heterocycles. The number of amides is 2. The number of oxime groups is 1. The molecule has 0 N–H and O–H groups in total. The normalized spacial score (nSPS) is 24.6. The maximum atomic E-state index is 12.7. The minimum absolute atomic E-state index is 0.00228. The van der Waals surface area contributed by atoms with Gasteiger partial charge in [0, 0.05) is 38.9 Å². The Hall–Kier alpha value is -1.79. The van der Waals surface area contributed by atoms with Crippen LogP contribution in [-0.4, -0.2) is 65.4 Å². The van der Waals surface area contributed by atoms with Crippen molar-refractivity contribution in [3.05, 3.63) is 0 Å². The Labute approximate surface area is 162 Å². The van der Waals surface area contributed by atoms with E-state index in [9.17, 15) is 9.59 Å². The third-order valence-electron chi connectivity index (χ3n) is 6.29. The third kappa shape index (κ3) is 4.22. The van der Waals surface area contributed by atoms with E-state index in [0.29, 0.717) is 50.7 Å². The predicted octanol–water partition coefficient (Wildman–Crippen LogP) is 3.04. The lowest BCUT2D eigenvalue weighted by atomic mass is 9.90. The van der Waals surface area contributed by atoms with E-state index in [0.717, 1.165) is 25.1 Å². The van der Waals surface area contributed by atoms with E-state index >= 15 is 0 Å². The van der Waals surface area contributed by atoms with Gasteiger partial charge in [0.25, 0.3) is 5.91 Å². The molecule has 7 heteroatoms. The molecular weight excluding hydrogens is 346 g/mol. The molecule has 3 rings (SSSR count). The molecule has 7 nitrogen and oxygen atoms in total. The van der Waals surface area contributed by atoms with Gasteiger partial charge in [-0.2, -0.15) is 0 Å². The molecule has 0 aromatic heterocycles. The average Bonchev–Trinajstić information content (AvgIpc) is 3.25. The van der Waals surface area contributed by atoms with Crippen LogP contribution < -0.4 is 0 Å². The first-order chi connectivity index (χ1) is 12.9. The Balaban J connectivity index is 1.52. The largest absolute Gasteiger partial charge is 0.441 e. The van der Waals surface area contributed by atoms with E-state index in [2.05, 4.69) is 32.9 Å². The van der Waals surface area contributed by atoms with Crippen LogP contribution in [-0.2, 0) is 14.4 Å². The molecule has 0 aromatic rings. The molecule has 0 saturated carbocycles.